The van der Waals surface area contributed by atoms with Crippen LogP contribution in [0.2, 0.25) is 0 Å². The maximum atomic E-state index is 12.7. The van der Waals surface area contributed by atoms with Crippen LogP contribution in [0.3, 0.4) is 0 Å². The van der Waals surface area contributed by atoms with E-state index < -0.39 is 13.1 Å². The first-order valence-corrected chi connectivity index (χ1v) is 10.1. The molecule has 0 amide bonds. The number of methoxy groups -OCH3 is 1. The van der Waals surface area contributed by atoms with E-state index in [-0.39, 0.29) is 5.41 Å². The fourth-order valence-electron chi connectivity index (χ4n) is 3.53. The fraction of sp³-hybridized carbons (Fsp3) is 0.476. The van der Waals surface area contributed by atoms with Gasteiger partial charge in [-0.05, 0) is 43.4 Å². The maximum absolute atomic E-state index is 12.7. The predicted molar refractivity (Wildman–Crippen MR) is 115 cm³/mol. The van der Waals surface area contributed by atoms with E-state index in [1.807, 2.05) is 13.0 Å². The zero-order valence-electron chi connectivity index (χ0n) is 17.8. The summed E-state index contributed by atoms with van der Waals surface area (Å²) in [6.07, 6.45) is 3.78. The van der Waals surface area contributed by atoms with Gasteiger partial charge in [-0.15, -0.1) is 0 Å². The standard InChI is InChI=1S/C21H27BN4O4/c1-12-9-24-20(26-18(12)23)25-14-7-15(13-5-6-13)17(16(8-14)19(27)28-4)22-29-10-21(2,3)11-30-22/h7-9,13H,5-6,10-11H2,1-4H3,(H3,23,24,25,26). The summed E-state index contributed by atoms with van der Waals surface area (Å²) >= 11 is 0. The van der Waals surface area contributed by atoms with Crippen LogP contribution >= 0.6 is 0 Å². The third-order valence-corrected chi connectivity index (χ3v) is 5.39. The van der Waals surface area contributed by atoms with Crippen molar-refractivity contribution in [1.29, 1.82) is 0 Å². The topological polar surface area (TPSA) is 109 Å². The zero-order chi connectivity index (χ0) is 21.5. The summed E-state index contributed by atoms with van der Waals surface area (Å²) in [6.45, 7) is 7.14. The van der Waals surface area contributed by atoms with Crippen molar-refractivity contribution < 1.29 is 18.8 Å². The Morgan fingerprint density at radius 2 is 2.00 bits per heavy atom. The van der Waals surface area contributed by atoms with Crippen LogP contribution in [0.15, 0.2) is 18.3 Å². The first-order chi connectivity index (χ1) is 14.3. The van der Waals surface area contributed by atoms with Crippen LogP contribution in [0, 0.1) is 12.3 Å². The van der Waals surface area contributed by atoms with Crippen LogP contribution in [-0.4, -0.2) is 43.4 Å². The molecule has 0 unspecified atom stereocenters. The predicted octanol–water partition coefficient (Wildman–Crippen LogP) is 2.54. The Hall–Kier alpha value is -2.65. The molecule has 4 rings (SSSR count). The van der Waals surface area contributed by atoms with E-state index >= 15 is 0 Å². The molecule has 0 spiro atoms. The van der Waals surface area contributed by atoms with Crippen LogP contribution in [0.1, 0.15) is 54.1 Å². The number of nitrogens with one attached hydrogen (secondary N) is 1. The highest BCUT2D eigenvalue weighted by atomic mass is 16.6. The molecule has 2 aromatic rings. The van der Waals surface area contributed by atoms with Gasteiger partial charge in [0.15, 0.2) is 0 Å². The van der Waals surface area contributed by atoms with Crippen molar-refractivity contribution >= 4 is 36.0 Å². The molecule has 9 heteroatoms. The highest BCUT2D eigenvalue weighted by molar-refractivity contribution is 6.63. The number of carbonyl (C=O) groups is 1. The molecule has 2 heterocycles. The molecule has 1 aliphatic carbocycles. The summed E-state index contributed by atoms with van der Waals surface area (Å²) < 4.78 is 17.1. The van der Waals surface area contributed by atoms with Gasteiger partial charge in [-0.25, -0.2) is 9.78 Å². The molecule has 158 valence electrons. The van der Waals surface area contributed by atoms with Gasteiger partial charge in [-0.3, -0.25) is 0 Å². The zero-order valence-corrected chi connectivity index (χ0v) is 17.8. The minimum absolute atomic E-state index is 0.0636. The van der Waals surface area contributed by atoms with Crippen molar-refractivity contribution in [3.05, 3.63) is 35.0 Å². The number of esters is 1. The summed E-state index contributed by atoms with van der Waals surface area (Å²) in [5, 5.41) is 3.17. The van der Waals surface area contributed by atoms with Crippen molar-refractivity contribution in [3.63, 3.8) is 0 Å². The Morgan fingerprint density at radius 3 is 2.60 bits per heavy atom. The van der Waals surface area contributed by atoms with Crippen LogP contribution in [0.4, 0.5) is 17.5 Å². The van der Waals surface area contributed by atoms with Gasteiger partial charge in [0.25, 0.3) is 0 Å². The molecule has 2 fully saturated rings. The number of rotatable bonds is 5. The van der Waals surface area contributed by atoms with E-state index in [0.29, 0.717) is 42.1 Å². The molecule has 2 aliphatic rings. The van der Waals surface area contributed by atoms with Gasteiger partial charge in [0.05, 0.1) is 12.7 Å². The number of benzene rings is 1. The third kappa shape index (κ3) is 4.27. The largest absolute Gasteiger partial charge is 0.495 e. The van der Waals surface area contributed by atoms with Crippen LogP contribution in [0.25, 0.3) is 0 Å². The smallest absolute Gasteiger partial charge is 0.465 e. The summed E-state index contributed by atoms with van der Waals surface area (Å²) in [5.74, 6) is 0.704. The second kappa shape index (κ2) is 7.88. The monoisotopic (exact) mass is 410 g/mol. The molecule has 1 saturated heterocycles. The number of carbonyl (C=O) groups excluding carboxylic acids is 1. The van der Waals surface area contributed by atoms with Crippen molar-refractivity contribution in [3.8, 4) is 0 Å². The number of ether oxygens (including phenoxy) is 1. The second-order valence-electron chi connectivity index (χ2n) is 8.80. The van der Waals surface area contributed by atoms with Gasteiger partial charge in [0.2, 0.25) is 5.95 Å². The van der Waals surface area contributed by atoms with Gasteiger partial charge >= 0.3 is 13.1 Å². The lowest BCUT2D eigenvalue weighted by Crippen LogP contribution is -2.50. The lowest BCUT2D eigenvalue weighted by molar-refractivity contribution is 0.0339. The Balaban J connectivity index is 1.74. The van der Waals surface area contributed by atoms with Gasteiger partial charge in [-0.1, -0.05) is 13.8 Å². The Labute approximate surface area is 176 Å². The van der Waals surface area contributed by atoms with Crippen LogP contribution < -0.4 is 16.5 Å². The Kier molecular flexibility index (Phi) is 5.42. The second-order valence-corrected chi connectivity index (χ2v) is 8.80. The summed E-state index contributed by atoms with van der Waals surface area (Å²) in [5.41, 5.74) is 9.56. The van der Waals surface area contributed by atoms with E-state index in [2.05, 4.69) is 29.1 Å². The molecule has 1 saturated carbocycles. The van der Waals surface area contributed by atoms with E-state index in [1.54, 1.807) is 12.3 Å². The van der Waals surface area contributed by atoms with E-state index in [1.165, 1.54) is 7.11 Å². The highest BCUT2D eigenvalue weighted by Gasteiger charge is 2.40. The first-order valence-electron chi connectivity index (χ1n) is 10.1. The van der Waals surface area contributed by atoms with Crippen LogP contribution in [-0.2, 0) is 14.0 Å². The highest BCUT2D eigenvalue weighted by Crippen LogP contribution is 2.41. The van der Waals surface area contributed by atoms with E-state index in [9.17, 15) is 4.79 Å². The molecule has 0 atom stereocenters. The molecule has 1 aromatic heterocycles. The molecule has 1 aliphatic heterocycles. The number of hydrogen-bond donors (Lipinski definition) is 2. The molecule has 8 nitrogen and oxygen atoms in total. The average molecular weight is 410 g/mol. The lowest BCUT2D eigenvalue weighted by Gasteiger charge is -2.34. The summed E-state index contributed by atoms with van der Waals surface area (Å²) in [7, 11) is 0.779. The minimum Gasteiger partial charge on any atom is -0.465 e. The van der Waals surface area contributed by atoms with Gasteiger partial charge < -0.3 is 25.1 Å². The van der Waals surface area contributed by atoms with E-state index in [0.717, 1.165) is 29.4 Å². The molecule has 1 aromatic carbocycles. The maximum Gasteiger partial charge on any atom is 0.495 e. The lowest BCUT2D eigenvalue weighted by atomic mass is 9.69. The SMILES string of the molecule is COC(=O)c1cc(Nc2ncc(C)c(N)n2)cc(C2CC2)c1B1OCC(C)(C)CO1. The number of nitrogens with two attached hydrogens (primary N) is 1. The summed E-state index contributed by atoms with van der Waals surface area (Å²) in [4.78, 5) is 21.2. The summed E-state index contributed by atoms with van der Waals surface area (Å²) in [6, 6.07) is 3.75. The van der Waals surface area contributed by atoms with Crippen LogP contribution in [0.5, 0.6) is 0 Å². The number of nitrogens with zero attached hydrogens (tertiary/aromatic N) is 2. The quantitative estimate of drug-likeness (QED) is 0.572. The molecule has 0 radical (unpaired) electrons. The van der Waals surface area contributed by atoms with Gasteiger partial charge in [0.1, 0.15) is 5.82 Å². The van der Waals surface area contributed by atoms with Crippen molar-refractivity contribution in [2.75, 3.05) is 31.4 Å². The number of hydrogen-bond acceptors (Lipinski definition) is 8. The average Bonchev–Trinajstić information content (AvgIpc) is 3.55. The molecular weight excluding hydrogens is 383 g/mol. The molecular formula is C21H27BN4O4. The normalized spacial score (nSPS) is 18.2. The number of aromatic nitrogens is 2. The number of anilines is 3. The van der Waals surface area contributed by atoms with Gasteiger partial charge in [0, 0.05) is 41.5 Å². The number of nitrogen functional groups attached to an aromatic ring is 1. The number of aryl methyl sites for hydroxylation is 1. The van der Waals surface area contributed by atoms with Gasteiger partial charge in [-0.2, -0.15) is 4.98 Å². The molecule has 3 N–H and O–H groups in total. The van der Waals surface area contributed by atoms with E-state index in [4.69, 9.17) is 19.8 Å². The Morgan fingerprint density at radius 1 is 1.30 bits per heavy atom. The Bertz CT molecular complexity index is 968. The molecule has 0 bridgehead atoms. The molecule has 30 heavy (non-hydrogen) atoms. The van der Waals surface area contributed by atoms with Crippen molar-refractivity contribution in [1.82, 2.24) is 9.97 Å². The van der Waals surface area contributed by atoms with Crippen molar-refractivity contribution in [2.24, 2.45) is 5.41 Å². The first kappa shape index (κ1) is 20.6. The minimum atomic E-state index is -0.594. The third-order valence-electron chi connectivity index (χ3n) is 5.39. The van der Waals surface area contributed by atoms with Crippen molar-refractivity contribution in [2.45, 2.75) is 39.5 Å². The fourth-order valence-corrected chi connectivity index (χ4v) is 3.53.